The first-order valence-electron chi connectivity index (χ1n) is 8.64. The van der Waals surface area contributed by atoms with Gasteiger partial charge in [0.05, 0.1) is 12.0 Å². The lowest BCUT2D eigenvalue weighted by Gasteiger charge is -2.22. The highest BCUT2D eigenvalue weighted by Gasteiger charge is 2.30. The Balaban J connectivity index is 1.58. The van der Waals surface area contributed by atoms with E-state index < -0.39 is 0 Å². The van der Waals surface area contributed by atoms with Crippen molar-refractivity contribution in [1.29, 1.82) is 0 Å². The molecule has 4 rings (SSSR count). The zero-order valence-electron chi connectivity index (χ0n) is 15.1. The van der Waals surface area contributed by atoms with Gasteiger partial charge < -0.3 is 20.5 Å². The molecule has 0 unspecified atom stereocenters. The van der Waals surface area contributed by atoms with E-state index in [-0.39, 0.29) is 11.8 Å². The third kappa shape index (κ3) is 3.76. The summed E-state index contributed by atoms with van der Waals surface area (Å²) in [6.45, 7) is 0.397. The van der Waals surface area contributed by atoms with E-state index in [2.05, 4.69) is 10.3 Å². The Morgan fingerprint density at radius 3 is 2.79 bits per heavy atom. The van der Waals surface area contributed by atoms with Crippen molar-refractivity contribution in [3.8, 4) is 11.5 Å². The van der Waals surface area contributed by atoms with Gasteiger partial charge in [0, 0.05) is 17.4 Å². The van der Waals surface area contributed by atoms with Crippen molar-refractivity contribution < 1.29 is 14.3 Å². The highest BCUT2D eigenvalue weighted by molar-refractivity contribution is 7.16. The van der Waals surface area contributed by atoms with Crippen LogP contribution in [0, 0.1) is 0 Å². The molecule has 0 radical (unpaired) electrons. The van der Waals surface area contributed by atoms with Gasteiger partial charge in [0.15, 0.2) is 16.6 Å². The van der Waals surface area contributed by atoms with Crippen LogP contribution in [0.5, 0.6) is 11.5 Å². The van der Waals surface area contributed by atoms with Gasteiger partial charge in [-0.15, -0.1) is 0 Å². The predicted molar refractivity (Wildman–Crippen MR) is 110 cm³/mol. The van der Waals surface area contributed by atoms with Gasteiger partial charge in [0.1, 0.15) is 12.4 Å². The van der Waals surface area contributed by atoms with E-state index in [4.69, 9.17) is 26.8 Å². The quantitative estimate of drug-likeness (QED) is 0.643. The van der Waals surface area contributed by atoms with Crippen molar-refractivity contribution in [1.82, 2.24) is 4.98 Å². The molecule has 6 nitrogen and oxygen atoms in total. The van der Waals surface area contributed by atoms with Crippen LogP contribution in [0.4, 0.5) is 10.9 Å². The number of nitrogens with two attached hydrogens (primary N) is 1. The molecule has 28 heavy (non-hydrogen) atoms. The van der Waals surface area contributed by atoms with E-state index in [1.54, 1.807) is 7.11 Å². The SMILES string of the molecule is COc1cc([C@H]2CC(=O)Nc3nc(N)sc32)ccc1OCc1ccc(Cl)cc1. The maximum absolute atomic E-state index is 12.1. The van der Waals surface area contributed by atoms with Gasteiger partial charge in [-0.25, -0.2) is 4.98 Å². The van der Waals surface area contributed by atoms with E-state index in [1.807, 2.05) is 42.5 Å². The van der Waals surface area contributed by atoms with E-state index >= 15 is 0 Å². The minimum atomic E-state index is -0.113. The molecule has 1 atom stereocenters. The molecule has 8 heteroatoms. The second-order valence-corrected chi connectivity index (χ2v) is 7.89. The predicted octanol–water partition coefficient (Wildman–Crippen LogP) is 4.44. The molecular weight excluding hydrogens is 398 g/mol. The van der Waals surface area contributed by atoms with Crippen LogP contribution in [0.25, 0.3) is 0 Å². The van der Waals surface area contributed by atoms with Crippen molar-refractivity contribution >= 4 is 39.8 Å². The minimum absolute atomic E-state index is 0.0789. The number of nitrogens with zero attached hydrogens (tertiary/aromatic N) is 1. The van der Waals surface area contributed by atoms with Gasteiger partial charge in [-0.1, -0.05) is 41.1 Å². The van der Waals surface area contributed by atoms with Crippen molar-refractivity contribution in [2.45, 2.75) is 18.9 Å². The molecule has 144 valence electrons. The number of anilines is 2. The number of hydrogen-bond donors (Lipinski definition) is 2. The molecule has 3 N–H and O–H groups in total. The summed E-state index contributed by atoms with van der Waals surface area (Å²) in [7, 11) is 1.60. The molecule has 0 fully saturated rings. The Kier molecular flexibility index (Phi) is 5.11. The lowest BCUT2D eigenvalue weighted by Crippen LogP contribution is -2.22. The smallest absolute Gasteiger partial charge is 0.226 e. The first-order chi connectivity index (χ1) is 13.5. The number of nitrogen functional groups attached to an aromatic ring is 1. The molecule has 2 heterocycles. The van der Waals surface area contributed by atoms with Crippen LogP contribution in [0.2, 0.25) is 5.02 Å². The molecule has 1 aliphatic rings. The Bertz CT molecular complexity index is 1020. The Hall–Kier alpha value is -2.77. The van der Waals surface area contributed by atoms with Gasteiger partial charge in [-0.05, 0) is 35.4 Å². The minimum Gasteiger partial charge on any atom is -0.493 e. The number of amides is 1. The molecule has 1 amide bonds. The number of carbonyl (C=O) groups excluding carboxylic acids is 1. The summed E-state index contributed by atoms with van der Waals surface area (Å²) < 4.78 is 11.4. The van der Waals surface area contributed by atoms with Crippen LogP contribution < -0.4 is 20.5 Å². The molecule has 1 aromatic heterocycles. The lowest BCUT2D eigenvalue weighted by molar-refractivity contribution is -0.116. The van der Waals surface area contributed by atoms with Crippen molar-refractivity contribution in [3.05, 3.63) is 63.5 Å². The summed E-state index contributed by atoms with van der Waals surface area (Å²) in [6.07, 6.45) is 0.336. The van der Waals surface area contributed by atoms with Crippen molar-refractivity contribution in [2.75, 3.05) is 18.2 Å². The first kappa shape index (κ1) is 18.6. The Morgan fingerprint density at radius 1 is 1.25 bits per heavy atom. The number of aromatic nitrogens is 1. The van der Waals surface area contributed by atoms with E-state index in [1.165, 1.54) is 11.3 Å². The van der Waals surface area contributed by atoms with Gasteiger partial charge in [-0.3, -0.25) is 4.79 Å². The van der Waals surface area contributed by atoms with E-state index in [0.29, 0.717) is 40.5 Å². The largest absolute Gasteiger partial charge is 0.493 e. The zero-order valence-corrected chi connectivity index (χ0v) is 16.6. The number of methoxy groups -OCH3 is 1. The highest BCUT2D eigenvalue weighted by atomic mass is 35.5. The molecule has 0 bridgehead atoms. The summed E-state index contributed by atoms with van der Waals surface area (Å²) >= 11 is 7.31. The number of benzene rings is 2. The third-order valence-electron chi connectivity index (χ3n) is 4.53. The van der Waals surface area contributed by atoms with Gasteiger partial charge in [-0.2, -0.15) is 0 Å². The van der Waals surface area contributed by atoms with Gasteiger partial charge in [0.25, 0.3) is 0 Å². The number of nitrogens with one attached hydrogen (secondary N) is 1. The molecule has 0 saturated carbocycles. The van der Waals surface area contributed by atoms with Crippen LogP contribution in [-0.4, -0.2) is 18.0 Å². The number of rotatable bonds is 5. The maximum atomic E-state index is 12.1. The molecule has 3 aromatic rings. The molecular formula is C20H18ClN3O3S. The van der Waals surface area contributed by atoms with Gasteiger partial charge >= 0.3 is 0 Å². The molecule has 0 saturated heterocycles. The summed E-state index contributed by atoms with van der Waals surface area (Å²) in [4.78, 5) is 17.2. The average Bonchev–Trinajstić information content (AvgIpc) is 3.06. The monoisotopic (exact) mass is 415 g/mol. The zero-order chi connectivity index (χ0) is 19.7. The second kappa shape index (κ2) is 7.69. The summed E-state index contributed by atoms with van der Waals surface area (Å²) in [5.74, 6) is 1.59. The fourth-order valence-electron chi connectivity index (χ4n) is 3.17. The fraction of sp³-hybridized carbons (Fsp3) is 0.200. The number of halogens is 1. The van der Waals surface area contributed by atoms with Crippen LogP contribution in [0.1, 0.15) is 28.3 Å². The lowest BCUT2D eigenvalue weighted by atomic mass is 9.91. The Morgan fingerprint density at radius 2 is 2.04 bits per heavy atom. The summed E-state index contributed by atoms with van der Waals surface area (Å²) in [5, 5.41) is 3.90. The molecule has 2 aromatic carbocycles. The molecule has 0 spiro atoms. The van der Waals surface area contributed by atoms with Crippen LogP contribution in [-0.2, 0) is 11.4 Å². The van der Waals surface area contributed by atoms with Crippen LogP contribution >= 0.6 is 22.9 Å². The van der Waals surface area contributed by atoms with Crippen LogP contribution in [0.15, 0.2) is 42.5 Å². The normalized spacial score (nSPS) is 15.6. The molecule has 1 aliphatic heterocycles. The van der Waals surface area contributed by atoms with Crippen molar-refractivity contribution in [3.63, 3.8) is 0 Å². The summed E-state index contributed by atoms with van der Waals surface area (Å²) in [6, 6.07) is 13.2. The number of hydrogen-bond acceptors (Lipinski definition) is 6. The standard InChI is InChI=1S/C20H18ClN3O3S/c1-26-16-8-12(14-9-17(25)23-19-18(14)28-20(22)24-19)4-7-15(16)27-10-11-2-5-13(21)6-3-11/h2-8,14H,9-10H2,1H3,(H2,22,24)(H,23,25)/t14-/m1/s1. The number of thiazole rings is 1. The second-order valence-electron chi connectivity index (χ2n) is 6.40. The number of carbonyl (C=O) groups is 1. The average molecular weight is 416 g/mol. The summed E-state index contributed by atoms with van der Waals surface area (Å²) in [5.41, 5.74) is 7.79. The van der Waals surface area contributed by atoms with Crippen LogP contribution in [0.3, 0.4) is 0 Å². The highest BCUT2D eigenvalue weighted by Crippen LogP contribution is 2.43. The number of fused-ring (bicyclic) bond motifs is 1. The van der Waals surface area contributed by atoms with E-state index in [0.717, 1.165) is 16.0 Å². The van der Waals surface area contributed by atoms with Gasteiger partial charge in [0.2, 0.25) is 5.91 Å². The molecule has 0 aliphatic carbocycles. The number of ether oxygens (including phenoxy) is 2. The topological polar surface area (TPSA) is 86.5 Å². The maximum Gasteiger partial charge on any atom is 0.226 e. The third-order valence-corrected chi connectivity index (χ3v) is 5.78. The first-order valence-corrected chi connectivity index (χ1v) is 9.84. The fourth-order valence-corrected chi connectivity index (χ4v) is 4.21. The Labute approximate surface area is 171 Å². The van der Waals surface area contributed by atoms with E-state index in [9.17, 15) is 4.79 Å². The van der Waals surface area contributed by atoms with Crippen molar-refractivity contribution in [2.24, 2.45) is 0 Å².